The summed E-state index contributed by atoms with van der Waals surface area (Å²) >= 11 is 6.28. The molecule has 0 saturated heterocycles. The van der Waals surface area contributed by atoms with Gasteiger partial charge < -0.3 is 20.0 Å². The Labute approximate surface area is 186 Å². The summed E-state index contributed by atoms with van der Waals surface area (Å²) in [6.45, 7) is 1.84. The van der Waals surface area contributed by atoms with E-state index in [0.29, 0.717) is 11.6 Å². The van der Waals surface area contributed by atoms with Crippen LogP contribution in [0.4, 0.5) is 0 Å². The number of fused-ring (bicyclic) bond motifs is 1. The van der Waals surface area contributed by atoms with Gasteiger partial charge in [-0.25, -0.2) is 0 Å². The molecule has 4 rings (SSSR count). The predicted molar refractivity (Wildman–Crippen MR) is 120 cm³/mol. The Kier molecular flexibility index (Phi) is 6.51. The van der Waals surface area contributed by atoms with Crippen LogP contribution in [0.15, 0.2) is 84.9 Å². The molecule has 0 aliphatic rings. The zero-order valence-electron chi connectivity index (χ0n) is 16.9. The van der Waals surface area contributed by atoms with Crippen molar-refractivity contribution in [2.45, 2.75) is 19.7 Å². The number of hydrogen-bond acceptors (Lipinski definition) is 3. The molecule has 0 radical (unpaired) electrons. The molecule has 0 bridgehead atoms. The summed E-state index contributed by atoms with van der Waals surface area (Å²) in [6.07, 6.45) is 0. The maximum atomic E-state index is 10.9. The average Bonchev–Trinajstić information content (AvgIpc) is 2.79. The number of aromatic carboxylic acids is 1. The molecule has 156 valence electrons. The number of ether oxygens (including phenoxy) is 1. The Bertz CT molecular complexity index is 1200. The first-order valence-electron chi connectivity index (χ1n) is 10.1. The van der Waals surface area contributed by atoms with Gasteiger partial charge in [0.2, 0.25) is 0 Å². The highest BCUT2D eigenvalue weighted by molar-refractivity contribution is 6.31. The second-order valence-corrected chi connectivity index (χ2v) is 7.73. The summed E-state index contributed by atoms with van der Waals surface area (Å²) in [5, 5.41) is 16.1. The molecule has 4 aromatic carbocycles. The van der Waals surface area contributed by atoms with Crippen molar-refractivity contribution in [1.82, 2.24) is 0 Å². The van der Waals surface area contributed by atoms with E-state index in [-0.39, 0.29) is 5.56 Å². The first-order chi connectivity index (χ1) is 15.1. The standard InChI is InChI=1S/C26H22ClNO3/c27-24-8-4-2-6-21(24)17-31-25-14-13-19-5-1-3-7-22(19)23(25)16-28-15-18-9-11-20(12-10-18)26(29)30/h1-14,28H,15-17H2,(H,29,30). The van der Waals surface area contributed by atoms with Crippen molar-refractivity contribution >= 4 is 28.3 Å². The number of carboxylic acids is 1. The molecule has 0 atom stereocenters. The van der Waals surface area contributed by atoms with Crippen LogP contribution >= 0.6 is 11.6 Å². The van der Waals surface area contributed by atoms with Gasteiger partial charge in [-0.2, -0.15) is 0 Å². The first-order valence-corrected chi connectivity index (χ1v) is 10.5. The zero-order chi connectivity index (χ0) is 21.6. The number of carboxylic acid groups (broad SMARTS) is 1. The highest BCUT2D eigenvalue weighted by Gasteiger charge is 2.12. The van der Waals surface area contributed by atoms with Gasteiger partial charge in [0, 0.05) is 16.1 Å². The number of carbonyl (C=O) groups excluding carboxylic acids is 1. The maximum absolute atomic E-state index is 10.9. The lowest BCUT2D eigenvalue weighted by Gasteiger charge is -2.14. The van der Waals surface area contributed by atoms with Crippen LogP contribution in [-0.4, -0.2) is 5.97 Å². The molecule has 0 spiro atoms. The molecular weight excluding hydrogens is 410 g/mol. The van der Waals surface area contributed by atoms with E-state index in [9.17, 15) is 9.90 Å². The van der Waals surface area contributed by atoms with Crippen molar-refractivity contribution in [2.24, 2.45) is 0 Å². The number of nitrogens with two attached hydrogens (primary N) is 1. The molecule has 0 aliphatic carbocycles. The average molecular weight is 432 g/mol. The van der Waals surface area contributed by atoms with Gasteiger partial charge in [0.1, 0.15) is 25.4 Å². The van der Waals surface area contributed by atoms with Gasteiger partial charge in [-0.15, -0.1) is 0 Å². The minimum atomic E-state index is -1.16. The Balaban J connectivity index is 1.52. The number of carbonyl (C=O) groups is 1. The minimum absolute atomic E-state index is 0.188. The monoisotopic (exact) mass is 431 g/mol. The molecular formula is C26H22ClNO3. The van der Waals surface area contributed by atoms with Gasteiger partial charge in [-0.05, 0) is 28.5 Å². The summed E-state index contributed by atoms with van der Waals surface area (Å²) in [7, 11) is 0. The molecule has 0 fully saturated rings. The number of halogens is 1. The van der Waals surface area contributed by atoms with Crippen molar-refractivity contribution in [3.05, 3.63) is 112 Å². The van der Waals surface area contributed by atoms with Crippen LogP contribution in [-0.2, 0) is 19.7 Å². The Morgan fingerprint density at radius 2 is 1.61 bits per heavy atom. The Morgan fingerprint density at radius 1 is 0.871 bits per heavy atom. The molecule has 2 N–H and O–H groups in total. The number of rotatable bonds is 8. The molecule has 0 amide bonds. The van der Waals surface area contributed by atoms with Crippen LogP contribution in [0.2, 0.25) is 5.02 Å². The third kappa shape index (κ3) is 5.05. The molecule has 0 saturated carbocycles. The summed E-state index contributed by atoms with van der Waals surface area (Å²) in [4.78, 5) is 10.9. The smallest absolute Gasteiger partial charge is 0.129 e. The van der Waals surface area contributed by atoms with Crippen LogP contribution in [0, 0.1) is 0 Å². The van der Waals surface area contributed by atoms with E-state index in [0.717, 1.165) is 46.3 Å². The van der Waals surface area contributed by atoms with Crippen molar-refractivity contribution in [1.29, 1.82) is 0 Å². The van der Waals surface area contributed by atoms with Crippen molar-refractivity contribution in [3.63, 3.8) is 0 Å². The Hall–Kier alpha value is -3.34. The molecule has 0 heterocycles. The minimum Gasteiger partial charge on any atom is -0.545 e. The summed E-state index contributed by atoms with van der Waals surface area (Å²) in [5.41, 5.74) is 3.30. The van der Waals surface area contributed by atoms with Crippen LogP contribution in [0.5, 0.6) is 5.75 Å². The predicted octanol–water partition coefficient (Wildman–Crippen LogP) is 3.70. The van der Waals surface area contributed by atoms with Gasteiger partial charge >= 0.3 is 0 Å². The molecule has 4 aromatic rings. The second kappa shape index (κ2) is 9.65. The van der Waals surface area contributed by atoms with Gasteiger partial charge in [0.05, 0.1) is 11.5 Å². The van der Waals surface area contributed by atoms with E-state index in [4.69, 9.17) is 16.3 Å². The molecule has 0 aromatic heterocycles. The molecule has 0 aliphatic heterocycles. The van der Waals surface area contributed by atoms with E-state index in [1.54, 1.807) is 12.1 Å². The van der Waals surface area contributed by atoms with Crippen LogP contribution in [0.3, 0.4) is 0 Å². The van der Waals surface area contributed by atoms with Gasteiger partial charge in [-0.1, -0.05) is 84.4 Å². The highest BCUT2D eigenvalue weighted by atomic mass is 35.5. The molecule has 5 heteroatoms. The van der Waals surface area contributed by atoms with E-state index < -0.39 is 5.97 Å². The zero-order valence-corrected chi connectivity index (χ0v) is 17.6. The largest absolute Gasteiger partial charge is 0.545 e. The third-order valence-corrected chi connectivity index (χ3v) is 5.63. The third-order valence-electron chi connectivity index (χ3n) is 5.26. The number of hydrogen-bond donors (Lipinski definition) is 1. The van der Waals surface area contributed by atoms with Crippen molar-refractivity contribution in [2.75, 3.05) is 0 Å². The fraction of sp³-hybridized carbons (Fsp3) is 0.115. The second-order valence-electron chi connectivity index (χ2n) is 7.32. The van der Waals surface area contributed by atoms with Crippen LogP contribution in [0.25, 0.3) is 10.8 Å². The molecule has 31 heavy (non-hydrogen) atoms. The number of benzene rings is 4. The first kappa shape index (κ1) is 20.9. The SMILES string of the molecule is O=C([O-])c1ccc(C[NH2+]Cc2c(OCc3ccccc3Cl)ccc3ccccc23)cc1. The van der Waals surface area contributed by atoms with Gasteiger partial charge in [-0.3, -0.25) is 0 Å². The maximum Gasteiger partial charge on any atom is 0.129 e. The van der Waals surface area contributed by atoms with E-state index in [1.807, 2.05) is 54.6 Å². The highest BCUT2D eigenvalue weighted by Crippen LogP contribution is 2.29. The normalized spacial score (nSPS) is 10.9. The lowest BCUT2D eigenvalue weighted by atomic mass is 10.0. The van der Waals surface area contributed by atoms with E-state index >= 15 is 0 Å². The Morgan fingerprint density at radius 3 is 2.39 bits per heavy atom. The van der Waals surface area contributed by atoms with Crippen molar-refractivity contribution < 1.29 is 20.0 Å². The topological polar surface area (TPSA) is 66.0 Å². The number of quaternary nitrogens is 1. The van der Waals surface area contributed by atoms with Crippen LogP contribution < -0.4 is 15.2 Å². The fourth-order valence-electron chi connectivity index (χ4n) is 3.59. The fourth-order valence-corrected chi connectivity index (χ4v) is 3.78. The summed E-state index contributed by atoms with van der Waals surface area (Å²) < 4.78 is 6.18. The summed E-state index contributed by atoms with van der Waals surface area (Å²) in [5.74, 6) is -0.325. The van der Waals surface area contributed by atoms with Gasteiger partial charge in [0.15, 0.2) is 0 Å². The molecule has 4 nitrogen and oxygen atoms in total. The van der Waals surface area contributed by atoms with Gasteiger partial charge in [0.25, 0.3) is 0 Å². The molecule has 0 unspecified atom stereocenters. The summed E-state index contributed by atoms with van der Waals surface area (Å²) in [6, 6.07) is 26.8. The quantitative estimate of drug-likeness (QED) is 0.462. The van der Waals surface area contributed by atoms with E-state index in [2.05, 4.69) is 23.5 Å². The van der Waals surface area contributed by atoms with Crippen LogP contribution in [0.1, 0.15) is 27.0 Å². The van der Waals surface area contributed by atoms with E-state index in [1.165, 1.54) is 0 Å². The lowest BCUT2D eigenvalue weighted by molar-refractivity contribution is -0.686. The lowest BCUT2D eigenvalue weighted by Crippen LogP contribution is -2.80. The van der Waals surface area contributed by atoms with Crippen molar-refractivity contribution in [3.8, 4) is 5.75 Å².